The molecule has 1 aromatic carbocycles. The monoisotopic (exact) mass is 353 g/mol. The third-order valence-corrected chi connectivity index (χ3v) is 4.76. The molecule has 7 nitrogen and oxygen atoms in total. The minimum Gasteiger partial charge on any atom is -0.412 e. The quantitative estimate of drug-likeness (QED) is 0.833. The molecule has 1 saturated heterocycles. The number of nitrogens with zero attached hydrogens (tertiary/aromatic N) is 3. The van der Waals surface area contributed by atoms with Gasteiger partial charge in [0.05, 0.1) is 0 Å². The molecule has 0 aliphatic carbocycles. The summed E-state index contributed by atoms with van der Waals surface area (Å²) in [5, 5.41) is 6.97. The van der Waals surface area contributed by atoms with E-state index in [1.165, 1.54) is 24.3 Å². The SMILES string of the molecule is CS(=O)(=O)c1nnc(C2CCN(C(=O)c3ccc(F)cc3)CC2)o1. The van der Waals surface area contributed by atoms with Gasteiger partial charge < -0.3 is 9.32 Å². The Balaban J connectivity index is 1.64. The van der Waals surface area contributed by atoms with E-state index in [4.69, 9.17) is 4.42 Å². The third kappa shape index (κ3) is 3.45. The number of rotatable bonds is 3. The van der Waals surface area contributed by atoms with Crippen LogP contribution in [0.1, 0.15) is 35.0 Å². The van der Waals surface area contributed by atoms with Crippen LogP contribution in [0.25, 0.3) is 0 Å². The van der Waals surface area contributed by atoms with Gasteiger partial charge in [0.2, 0.25) is 15.7 Å². The average molecular weight is 353 g/mol. The van der Waals surface area contributed by atoms with Gasteiger partial charge in [0.25, 0.3) is 5.91 Å². The van der Waals surface area contributed by atoms with Gasteiger partial charge in [0.15, 0.2) is 0 Å². The van der Waals surface area contributed by atoms with Gasteiger partial charge in [-0.2, -0.15) is 0 Å². The van der Waals surface area contributed by atoms with E-state index in [-0.39, 0.29) is 28.8 Å². The summed E-state index contributed by atoms with van der Waals surface area (Å²) in [4.78, 5) is 14.0. The first kappa shape index (κ1) is 16.6. The van der Waals surface area contributed by atoms with Gasteiger partial charge in [-0.25, -0.2) is 12.8 Å². The molecule has 9 heteroatoms. The summed E-state index contributed by atoms with van der Waals surface area (Å²) < 4.78 is 40.9. The van der Waals surface area contributed by atoms with Crippen molar-refractivity contribution in [3.63, 3.8) is 0 Å². The van der Waals surface area contributed by atoms with Crippen LogP contribution in [-0.4, -0.2) is 48.8 Å². The highest BCUT2D eigenvalue weighted by Gasteiger charge is 2.29. The van der Waals surface area contributed by atoms with Gasteiger partial charge in [-0.05, 0) is 37.1 Å². The number of likely N-dealkylation sites (tertiary alicyclic amines) is 1. The van der Waals surface area contributed by atoms with Crippen LogP contribution < -0.4 is 0 Å². The number of sulfone groups is 1. The number of amides is 1. The Morgan fingerprint density at radius 2 is 1.83 bits per heavy atom. The fourth-order valence-corrected chi connectivity index (χ4v) is 3.07. The van der Waals surface area contributed by atoms with Crippen molar-refractivity contribution >= 4 is 15.7 Å². The van der Waals surface area contributed by atoms with E-state index in [0.29, 0.717) is 31.5 Å². The molecule has 1 aromatic heterocycles. The summed E-state index contributed by atoms with van der Waals surface area (Å²) in [6.07, 6.45) is 2.20. The van der Waals surface area contributed by atoms with Gasteiger partial charge in [-0.1, -0.05) is 5.10 Å². The number of piperidine rings is 1. The molecule has 2 heterocycles. The molecule has 0 spiro atoms. The zero-order chi connectivity index (χ0) is 17.3. The molecule has 1 aliphatic rings. The normalized spacial score (nSPS) is 16.3. The van der Waals surface area contributed by atoms with Crippen molar-refractivity contribution in [1.29, 1.82) is 0 Å². The van der Waals surface area contributed by atoms with Gasteiger partial charge in [-0.3, -0.25) is 4.79 Å². The Kier molecular flexibility index (Phi) is 4.35. The summed E-state index contributed by atoms with van der Waals surface area (Å²) in [5.74, 6) is -0.339. The van der Waals surface area contributed by atoms with Crippen LogP contribution in [0.3, 0.4) is 0 Å². The fraction of sp³-hybridized carbons (Fsp3) is 0.400. The van der Waals surface area contributed by atoms with Gasteiger partial charge in [0.1, 0.15) is 5.82 Å². The van der Waals surface area contributed by atoms with Crippen molar-refractivity contribution in [3.8, 4) is 0 Å². The number of aromatic nitrogens is 2. The Hall–Kier alpha value is -2.29. The second kappa shape index (κ2) is 6.31. The van der Waals surface area contributed by atoms with Crippen molar-refractivity contribution < 1.29 is 22.0 Å². The maximum Gasteiger partial charge on any atom is 0.335 e. The smallest absolute Gasteiger partial charge is 0.335 e. The lowest BCUT2D eigenvalue weighted by molar-refractivity contribution is 0.0705. The maximum absolute atomic E-state index is 12.9. The van der Waals surface area contributed by atoms with Gasteiger partial charge in [0, 0.05) is 30.8 Å². The van der Waals surface area contributed by atoms with E-state index < -0.39 is 9.84 Å². The number of hydrogen-bond donors (Lipinski definition) is 0. The van der Waals surface area contributed by atoms with Gasteiger partial charge >= 0.3 is 5.22 Å². The Morgan fingerprint density at radius 3 is 2.38 bits per heavy atom. The maximum atomic E-state index is 12.9. The average Bonchev–Trinajstić information content (AvgIpc) is 3.05. The topological polar surface area (TPSA) is 93.4 Å². The minimum atomic E-state index is -3.52. The summed E-state index contributed by atoms with van der Waals surface area (Å²) in [6.45, 7) is 0.967. The standard InChI is InChI=1S/C15H16FN3O4S/c1-24(21,22)15-18-17-13(23-15)10-6-8-19(9-7-10)14(20)11-2-4-12(16)5-3-11/h2-5,10H,6-9H2,1H3. The second-order valence-electron chi connectivity index (χ2n) is 5.75. The van der Waals surface area contributed by atoms with Crippen LogP contribution in [-0.2, 0) is 9.84 Å². The Bertz CT molecular complexity index is 840. The number of benzene rings is 1. The summed E-state index contributed by atoms with van der Waals surface area (Å²) in [5.41, 5.74) is 0.437. The Labute approximate surface area is 138 Å². The third-order valence-electron chi connectivity index (χ3n) is 3.96. The van der Waals surface area contributed by atoms with Crippen LogP contribution in [0.5, 0.6) is 0 Å². The summed E-state index contributed by atoms with van der Waals surface area (Å²) >= 11 is 0. The lowest BCUT2D eigenvalue weighted by Gasteiger charge is -2.30. The van der Waals surface area contributed by atoms with Crippen LogP contribution in [0.15, 0.2) is 33.9 Å². The van der Waals surface area contributed by atoms with E-state index in [0.717, 1.165) is 6.26 Å². The second-order valence-corrected chi connectivity index (χ2v) is 7.65. The molecule has 3 rings (SSSR count). The van der Waals surface area contributed by atoms with Crippen LogP contribution in [0.4, 0.5) is 4.39 Å². The molecule has 0 atom stereocenters. The molecule has 0 unspecified atom stereocenters. The number of carbonyl (C=O) groups is 1. The summed E-state index contributed by atoms with van der Waals surface area (Å²) in [6, 6.07) is 5.43. The lowest BCUT2D eigenvalue weighted by Crippen LogP contribution is -2.38. The van der Waals surface area contributed by atoms with Gasteiger partial charge in [-0.15, -0.1) is 5.10 Å². The zero-order valence-corrected chi connectivity index (χ0v) is 13.8. The molecule has 128 valence electrons. The van der Waals surface area contributed by atoms with E-state index >= 15 is 0 Å². The van der Waals surface area contributed by atoms with Crippen LogP contribution >= 0.6 is 0 Å². The van der Waals surface area contributed by atoms with Crippen molar-refractivity contribution in [2.75, 3.05) is 19.3 Å². The molecular weight excluding hydrogens is 337 g/mol. The first-order valence-corrected chi connectivity index (χ1v) is 9.32. The van der Waals surface area contributed by atoms with Crippen molar-refractivity contribution in [3.05, 3.63) is 41.5 Å². The predicted octanol–water partition coefficient (Wildman–Crippen LogP) is 1.63. The van der Waals surface area contributed by atoms with E-state index in [1.807, 2.05) is 0 Å². The Morgan fingerprint density at radius 1 is 1.21 bits per heavy atom. The molecule has 1 amide bonds. The highest BCUT2D eigenvalue weighted by molar-refractivity contribution is 7.90. The highest BCUT2D eigenvalue weighted by Crippen LogP contribution is 2.28. The molecule has 0 bridgehead atoms. The molecule has 24 heavy (non-hydrogen) atoms. The van der Waals surface area contributed by atoms with Crippen molar-refractivity contribution in [2.45, 2.75) is 24.0 Å². The van der Waals surface area contributed by atoms with E-state index in [1.54, 1.807) is 4.90 Å². The first-order chi connectivity index (χ1) is 11.3. The molecule has 1 aliphatic heterocycles. The molecular formula is C15H16FN3O4S. The highest BCUT2D eigenvalue weighted by atomic mass is 32.2. The van der Waals surface area contributed by atoms with E-state index in [2.05, 4.69) is 10.2 Å². The van der Waals surface area contributed by atoms with Crippen molar-refractivity contribution in [2.24, 2.45) is 0 Å². The zero-order valence-electron chi connectivity index (χ0n) is 13.0. The number of halogens is 1. The minimum absolute atomic E-state index is 0.0785. The van der Waals surface area contributed by atoms with Crippen LogP contribution in [0, 0.1) is 5.82 Å². The first-order valence-electron chi connectivity index (χ1n) is 7.43. The molecule has 2 aromatic rings. The van der Waals surface area contributed by atoms with E-state index in [9.17, 15) is 17.6 Å². The number of carbonyl (C=O) groups excluding carboxylic acids is 1. The molecule has 0 N–H and O–H groups in total. The van der Waals surface area contributed by atoms with Crippen LogP contribution in [0.2, 0.25) is 0 Å². The molecule has 1 fully saturated rings. The largest absolute Gasteiger partial charge is 0.412 e. The predicted molar refractivity (Wildman–Crippen MR) is 81.7 cm³/mol. The molecule has 0 saturated carbocycles. The van der Waals surface area contributed by atoms with Crippen molar-refractivity contribution in [1.82, 2.24) is 15.1 Å². The fourth-order valence-electron chi connectivity index (χ4n) is 2.64. The summed E-state index contributed by atoms with van der Waals surface area (Å²) in [7, 11) is -3.52. The lowest BCUT2D eigenvalue weighted by atomic mass is 9.96. The molecule has 0 radical (unpaired) electrons. The number of hydrogen-bond acceptors (Lipinski definition) is 6.